The van der Waals surface area contributed by atoms with E-state index in [0.717, 1.165) is 55.6 Å². The van der Waals surface area contributed by atoms with Crippen molar-refractivity contribution < 1.29 is 14.3 Å². The van der Waals surface area contributed by atoms with Gasteiger partial charge in [-0.3, -0.25) is 14.7 Å². The van der Waals surface area contributed by atoms with E-state index in [9.17, 15) is 4.79 Å². The van der Waals surface area contributed by atoms with E-state index in [0.29, 0.717) is 23.7 Å². The van der Waals surface area contributed by atoms with Crippen molar-refractivity contribution in [1.29, 1.82) is 0 Å². The molecule has 0 radical (unpaired) electrons. The van der Waals surface area contributed by atoms with Crippen molar-refractivity contribution >= 4 is 22.5 Å². The van der Waals surface area contributed by atoms with E-state index in [4.69, 9.17) is 20.2 Å². The zero-order chi connectivity index (χ0) is 20.4. The summed E-state index contributed by atoms with van der Waals surface area (Å²) in [5, 5.41) is 0.933. The van der Waals surface area contributed by atoms with Crippen LogP contribution in [-0.2, 0) is 4.79 Å². The maximum Gasteiger partial charge on any atom is 0.236 e. The Bertz CT molecular complexity index is 887. The van der Waals surface area contributed by atoms with Gasteiger partial charge in [-0.1, -0.05) is 0 Å². The van der Waals surface area contributed by atoms with Crippen LogP contribution in [-0.4, -0.2) is 67.6 Å². The molecule has 0 aliphatic carbocycles. The minimum Gasteiger partial charge on any atom is -0.493 e. The summed E-state index contributed by atoms with van der Waals surface area (Å²) < 4.78 is 10.8. The third kappa shape index (κ3) is 4.10. The quantitative estimate of drug-likeness (QED) is 0.834. The molecule has 2 aromatic rings. The van der Waals surface area contributed by atoms with Crippen molar-refractivity contribution in [3.63, 3.8) is 0 Å². The van der Waals surface area contributed by atoms with Gasteiger partial charge in [-0.15, -0.1) is 0 Å². The first-order valence-electron chi connectivity index (χ1n) is 10.4. The minimum atomic E-state index is 0.252. The molecule has 4 rings (SSSR count). The average molecular weight is 399 g/mol. The lowest BCUT2D eigenvalue weighted by Gasteiger charge is -2.33. The topological polar surface area (TPSA) is 80.9 Å². The second-order valence-corrected chi connectivity index (χ2v) is 8.00. The number of benzene rings is 1. The highest BCUT2D eigenvalue weighted by Gasteiger charge is 2.27. The largest absolute Gasteiger partial charge is 0.493 e. The highest BCUT2D eigenvalue weighted by molar-refractivity contribution is 5.86. The summed E-state index contributed by atoms with van der Waals surface area (Å²) in [6, 6.07) is 5.76. The lowest BCUT2D eigenvalue weighted by molar-refractivity contribution is -0.133. The molecule has 0 unspecified atom stereocenters. The fourth-order valence-corrected chi connectivity index (χ4v) is 4.49. The third-order valence-electron chi connectivity index (χ3n) is 6.17. The number of ether oxygens (including phenoxy) is 2. The van der Waals surface area contributed by atoms with Gasteiger partial charge in [0, 0.05) is 30.5 Å². The number of carbonyl (C=O) groups is 1. The van der Waals surface area contributed by atoms with E-state index in [1.165, 1.54) is 12.8 Å². The Kier molecular flexibility index (Phi) is 5.76. The second-order valence-electron chi connectivity index (χ2n) is 8.00. The predicted molar refractivity (Wildman–Crippen MR) is 113 cm³/mol. The summed E-state index contributed by atoms with van der Waals surface area (Å²) in [5.74, 6) is 1.84. The maximum absolute atomic E-state index is 12.6. The Labute approximate surface area is 171 Å². The van der Waals surface area contributed by atoms with E-state index in [-0.39, 0.29) is 11.8 Å². The molecule has 156 valence electrons. The fourth-order valence-electron chi connectivity index (χ4n) is 4.49. The van der Waals surface area contributed by atoms with E-state index < -0.39 is 0 Å². The molecular weight excluding hydrogens is 368 g/mol. The summed E-state index contributed by atoms with van der Waals surface area (Å²) in [5.41, 5.74) is 8.84. The van der Waals surface area contributed by atoms with Crippen LogP contribution in [0.15, 0.2) is 18.2 Å². The predicted octanol–water partition coefficient (Wildman–Crippen LogP) is 2.64. The van der Waals surface area contributed by atoms with Crippen molar-refractivity contribution in [3.05, 3.63) is 23.9 Å². The van der Waals surface area contributed by atoms with Gasteiger partial charge in [0.2, 0.25) is 5.91 Å². The van der Waals surface area contributed by atoms with Crippen LogP contribution in [0.1, 0.15) is 37.3 Å². The molecule has 1 aromatic heterocycles. The number of rotatable bonds is 5. The molecule has 3 heterocycles. The number of pyridine rings is 1. The summed E-state index contributed by atoms with van der Waals surface area (Å²) in [6.45, 7) is 4.19. The van der Waals surface area contributed by atoms with E-state index >= 15 is 0 Å². The SMILES string of the molecule is COc1cc2cc(N)c(C3CCN(C(=O)CN4CCCC4)CC3)nc2cc1OC. The Balaban J connectivity index is 1.47. The first kappa shape index (κ1) is 19.8. The molecule has 1 amide bonds. The van der Waals surface area contributed by atoms with Gasteiger partial charge in [-0.2, -0.15) is 0 Å². The number of nitrogen functional groups attached to an aromatic ring is 1. The number of nitrogens with zero attached hydrogens (tertiary/aromatic N) is 3. The van der Waals surface area contributed by atoms with Crippen molar-refractivity contribution in [3.8, 4) is 11.5 Å². The fraction of sp³-hybridized carbons (Fsp3) is 0.545. The highest BCUT2D eigenvalue weighted by Crippen LogP contribution is 2.36. The van der Waals surface area contributed by atoms with Crippen LogP contribution in [0.4, 0.5) is 5.69 Å². The van der Waals surface area contributed by atoms with Gasteiger partial charge in [0.05, 0.1) is 37.7 Å². The summed E-state index contributed by atoms with van der Waals surface area (Å²) >= 11 is 0. The van der Waals surface area contributed by atoms with Crippen LogP contribution in [0.2, 0.25) is 0 Å². The molecular formula is C22H30N4O3. The number of amides is 1. The van der Waals surface area contributed by atoms with E-state index in [1.54, 1.807) is 14.2 Å². The molecule has 29 heavy (non-hydrogen) atoms. The first-order valence-corrected chi connectivity index (χ1v) is 10.4. The number of hydrogen-bond acceptors (Lipinski definition) is 6. The smallest absolute Gasteiger partial charge is 0.236 e. The summed E-state index contributed by atoms with van der Waals surface area (Å²) in [6.07, 6.45) is 4.20. The van der Waals surface area contributed by atoms with Crippen molar-refractivity contribution in [2.45, 2.75) is 31.6 Å². The molecule has 7 heteroatoms. The number of fused-ring (bicyclic) bond motifs is 1. The van der Waals surface area contributed by atoms with Gasteiger partial charge in [-0.05, 0) is 50.9 Å². The van der Waals surface area contributed by atoms with Gasteiger partial charge in [0.1, 0.15) is 0 Å². The molecule has 2 aliphatic rings. The van der Waals surface area contributed by atoms with Gasteiger partial charge in [0.15, 0.2) is 11.5 Å². The standard InChI is InChI=1S/C22H30N4O3/c1-28-19-12-16-11-17(23)22(24-18(16)13-20(19)29-2)15-5-9-26(10-6-15)21(27)14-25-7-3-4-8-25/h11-13,15H,3-10,14,23H2,1-2H3. The number of methoxy groups -OCH3 is 2. The maximum atomic E-state index is 12.6. The molecule has 7 nitrogen and oxygen atoms in total. The van der Waals surface area contributed by atoms with E-state index in [2.05, 4.69) is 4.90 Å². The molecule has 2 fully saturated rings. The number of carbonyl (C=O) groups excluding carboxylic acids is 1. The number of aromatic nitrogens is 1. The molecule has 2 N–H and O–H groups in total. The number of piperidine rings is 1. The van der Waals surface area contributed by atoms with E-state index in [1.807, 2.05) is 23.1 Å². The summed E-state index contributed by atoms with van der Waals surface area (Å²) in [4.78, 5) is 21.7. The minimum absolute atomic E-state index is 0.252. The monoisotopic (exact) mass is 398 g/mol. The Morgan fingerprint density at radius 2 is 1.72 bits per heavy atom. The first-order chi connectivity index (χ1) is 14.1. The normalized spacial score (nSPS) is 18.3. The number of anilines is 1. The molecule has 0 saturated carbocycles. The molecule has 2 aliphatic heterocycles. The van der Waals surface area contributed by atoms with Crippen LogP contribution >= 0.6 is 0 Å². The van der Waals surface area contributed by atoms with Crippen molar-refractivity contribution in [1.82, 2.24) is 14.8 Å². The number of hydrogen-bond donors (Lipinski definition) is 1. The Morgan fingerprint density at radius 3 is 2.38 bits per heavy atom. The number of nitrogens with two attached hydrogens (primary N) is 1. The van der Waals surface area contributed by atoms with Gasteiger partial charge in [-0.25, -0.2) is 0 Å². The second kappa shape index (κ2) is 8.45. The summed E-state index contributed by atoms with van der Waals surface area (Å²) in [7, 11) is 3.24. The lowest BCUT2D eigenvalue weighted by Crippen LogP contribution is -2.43. The van der Waals surface area contributed by atoms with Crippen molar-refractivity contribution in [2.75, 3.05) is 52.7 Å². The molecule has 0 spiro atoms. The van der Waals surface area contributed by atoms with Crippen LogP contribution in [0.5, 0.6) is 11.5 Å². The van der Waals surface area contributed by atoms with Gasteiger partial charge >= 0.3 is 0 Å². The van der Waals surface area contributed by atoms with Crippen LogP contribution < -0.4 is 15.2 Å². The third-order valence-corrected chi connectivity index (χ3v) is 6.17. The molecule has 1 aromatic carbocycles. The van der Waals surface area contributed by atoms with Gasteiger partial charge in [0.25, 0.3) is 0 Å². The zero-order valence-electron chi connectivity index (χ0n) is 17.3. The van der Waals surface area contributed by atoms with Crippen LogP contribution in [0.25, 0.3) is 10.9 Å². The molecule has 0 atom stereocenters. The molecule has 0 bridgehead atoms. The van der Waals surface area contributed by atoms with Gasteiger partial charge < -0.3 is 20.1 Å². The zero-order valence-corrected chi connectivity index (χ0v) is 17.3. The Hall–Kier alpha value is -2.54. The average Bonchev–Trinajstić information content (AvgIpc) is 3.25. The molecule has 2 saturated heterocycles. The Morgan fingerprint density at radius 1 is 1.07 bits per heavy atom. The lowest BCUT2D eigenvalue weighted by atomic mass is 9.91. The van der Waals surface area contributed by atoms with Crippen LogP contribution in [0, 0.1) is 0 Å². The number of likely N-dealkylation sites (tertiary alicyclic amines) is 2. The highest BCUT2D eigenvalue weighted by atomic mass is 16.5. The van der Waals surface area contributed by atoms with Crippen LogP contribution in [0.3, 0.4) is 0 Å². The van der Waals surface area contributed by atoms with Crippen molar-refractivity contribution in [2.24, 2.45) is 0 Å².